The third kappa shape index (κ3) is 4.59. The van der Waals surface area contributed by atoms with Crippen LogP contribution in [-0.2, 0) is 14.3 Å². The number of nitrogens with one attached hydrogen (secondary N) is 1. The molecule has 1 unspecified atom stereocenters. The van der Waals surface area contributed by atoms with Crippen molar-refractivity contribution < 1.29 is 14.3 Å². The van der Waals surface area contributed by atoms with Crippen LogP contribution in [0.25, 0.3) is 0 Å². The second-order valence-corrected chi connectivity index (χ2v) is 4.88. The van der Waals surface area contributed by atoms with E-state index < -0.39 is 0 Å². The highest BCUT2D eigenvalue weighted by Gasteiger charge is 2.19. The van der Waals surface area contributed by atoms with Gasteiger partial charge in [-0.25, -0.2) is 0 Å². The average molecular weight is 278 g/mol. The number of nitrogens with zero attached hydrogens (tertiary/aromatic N) is 1. The van der Waals surface area contributed by atoms with Crippen LogP contribution in [0.3, 0.4) is 0 Å². The maximum atomic E-state index is 11.8. The summed E-state index contributed by atoms with van der Waals surface area (Å²) in [4.78, 5) is 14.1. The highest BCUT2D eigenvalue weighted by molar-refractivity contribution is 5.77. The molecule has 5 heteroatoms. The lowest BCUT2D eigenvalue weighted by molar-refractivity contribution is -0.125. The van der Waals surface area contributed by atoms with E-state index in [1.54, 1.807) is 0 Å². The van der Waals surface area contributed by atoms with E-state index in [1.165, 1.54) is 7.11 Å². The Morgan fingerprint density at radius 1 is 1.35 bits per heavy atom. The van der Waals surface area contributed by atoms with Gasteiger partial charge < -0.3 is 14.8 Å². The molecular weight excluding hydrogens is 256 g/mol. The van der Waals surface area contributed by atoms with Crippen molar-refractivity contribution in [3.63, 3.8) is 0 Å². The van der Waals surface area contributed by atoms with Gasteiger partial charge in [-0.3, -0.25) is 9.69 Å². The Balaban J connectivity index is 2.01. The molecule has 5 nitrogen and oxygen atoms in total. The molecule has 2 rings (SSSR count). The molecule has 1 aromatic carbocycles. The van der Waals surface area contributed by atoms with Crippen molar-refractivity contribution in [2.75, 3.05) is 46.6 Å². The molecule has 0 aromatic heterocycles. The zero-order chi connectivity index (χ0) is 14.2. The molecule has 1 aliphatic rings. The molecule has 1 saturated heterocycles. The summed E-state index contributed by atoms with van der Waals surface area (Å²) in [6.07, 6.45) is 0. The normalized spacial score (nSPS) is 17.6. The average Bonchev–Trinajstić information content (AvgIpc) is 2.49. The van der Waals surface area contributed by atoms with Crippen LogP contribution in [0, 0.1) is 0 Å². The molecule has 1 amide bonds. The number of amides is 1. The van der Waals surface area contributed by atoms with Crippen molar-refractivity contribution in [3.05, 3.63) is 35.9 Å². The molecule has 20 heavy (non-hydrogen) atoms. The number of hydrogen-bond acceptors (Lipinski definition) is 4. The van der Waals surface area contributed by atoms with Crippen LogP contribution in [0.1, 0.15) is 11.6 Å². The fourth-order valence-electron chi connectivity index (χ4n) is 2.33. The summed E-state index contributed by atoms with van der Waals surface area (Å²) in [7, 11) is 1.53. The van der Waals surface area contributed by atoms with Gasteiger partial charge in [0.15, 0.2) is 0 Å². The summed E-state index contributed by atoms with van der Waals surface area (Å²) < 4.78 is 10.2. The summed E-state index contributed by atoms with van der Waals surface area (Å²) in [5.41, 5.74) is 1.11. The Hall–Kier alpha value is -1.43. The van der Waals surface area contributed by atoms with Crippen LogP contribution in [0.15, 0.2) is 30.3 Å². The number of rotatable bonds is 6. The number of carbonyl (C=O) groups excluding carboxylic acids is 1. The first-order valence-corrected chi connectivity index (χ1v) is 6.93. The SMILES string of the molecule is COCC(=O)NC(CN1CCOCC1)c1ccccc1. The van der Waals surface area contributed by atoms with Crippen molar-refractivity contribution in [1.82, 2.24) is 10.2 Å². The van der Waals surface area contributed by atoms with Crippen LogP contribution >= 0.6 is 0 Å². The Labute approximate surface area is 119 Å². The second kappa shape index (κ2) is 7.99. The van der Waals surface area contributed by atoms with Gasteiger partial charge in [-0.15, -0.1) is 0 Å². The molecule has 1 fully saturated rings. The molecule has 1 aliphatic heterocycles. The topological polar surface area (TPSA) is 50.8 Å². The van der Waals surface area contributed by atoms with Gasteiger partial charge in [-0.1, -0.05) is 30.3 Å². The van der Waals surface area contributed by atoms with Gasteiger partial charge in [0.25, 0.3) is 0 Å². The quantitative estimate of drug-likeness (QED) is 0.837. The molecular formula is C15H22N2O3. The minimum atomic E-state index is -0.0883. The maximum absolute atomic E-state index is 11.8. The van der Waals surface area contributed by atoms with Crippen LogP contribution in [-0.4, -0.2) is 57.4 Å². The Morgan fingerprint density at radius 2 is 2.05 bits per heavy atom. The first-order chi connectivity index (χ1) is 9.79. The highest BCUT2D eigenvalue weighted by atomic mass is 16.5. The van der Waals surface area contributed by atoms with Gasteiger partial charge in [-0.2, -0.15) is 0 Å². The van der Waals surface area contributed by atoms with E-state index in [0.717, 1.165) is 38.4 Å². The van der Waals surface area contributed by atoms with E-state index in [4.69, 9.17) is 9.47 Å². The zero-order valence-corrected chi connectivity index (χ0v) is 11.9. The van der Waals surface area contributed by atoms with Gasteiger partial charge in [0.05, 0.1) is 19.3 Å². The number of hydrogen-bond donors (Lipinski definition) is 1. The van der Waals surface area contributed by atoms with Gasteiger partial charge in [0.2, 0.25) is 5.91 Å². The van der Waals surface area contributed by atoms with Crippen molar-refractivity contribution >= 4 is 5.91 Å². The number of ether oxygens (including phenoxy) is 2. The lowest BCUT2D eigenvalue weighted by Gasteiger charge is -2.31. The molecule has 0 aliphatic carbocycles. The molecule has 110 valence electrons. The van der Waals surface area contributed by atoms with Crippen molar-refractivity contribution in [2.45, 2.75) is 6.04 Å². The predicted molar refractivity (Wildman–Crippen MR) is 76.5 cm³/mol. The highest BCUT2D eigenvalue weighted by Crippen LogP contribution is 2.15. The third-order valence-electron chi connectivity index (χ3n) is 3.36. The van der Waals surface area contributed by atoms with Crippen molar-refractivity contribution in [1.29, 1.82) is 0 Å². The van der Waals surface area contributed by atoms with E-state index in [2.05, 4.69) is 10.2 Å². The van der Waals surface area contributed by atoms with Crippen LogP contribution in [0.4, 0.5) is 0 Å². The number of benzene rings is 1. The van der Waals surface area contributed by atoms with Crippen molar-refractivity contribution in [2.24, 2.45) is 0 Å². The fourth-order valence-corrected chi connectivity index (χ4v) is 2.33. The van der Waals surface area contributed by atoms with Gasteiger partial charge in [0.1, 0.15) is 6.61 Å². The van der Waals surface area contributed by atoms with E-state index in [1.807, 2.05) is 30.3 Å². The van der Waals surface area contributed by atoms with Crippen LogP contribution in [0.2, 0.25) is 0 Å². The lowest BCUT2D eigenvalue weighted by atomic mass is 10.1. The number of carbonyl (C=O) groups is 1. The largest absolute Gasteiger partial charge is 0.379 e. The summed E-state index contributed by atoms with van der Waals surface area (Å²) in [6.45, 7) is 4.21. The van der Waals surface area contributed by atoms with E-state index >= 15 is 0 Å². The Kier molecular flexibility index (Phi) is 5.98. The molecule has 1 N–H and O–H groups in total. The van der Waals surface area contributed by atoms with E-state index in [9.17, 15) is 4.79 Å². The monoisotopic (exact) mass is 278 g/mol. The third-order valence-corrected chi connectivity index (χ3v) is 3.36. The number of methoxy groups -OCH3 is 1. The fraction of sp³-hybridized carbons (Fsp3) is 0.533. The molecule has 1 heterocycles. The summed E-state index contributed by atoms with van der Waals surface area (Å²) in [5.74, 6) is -0.0883. The van der Waals surface area contributed by atoms with Gasteiger partial charge >= 0.3 is 0 Å². The summed E-state index contributed by atoms with van der Waals surface area (Å²) >= 11 is 0. The Morgan fingerprint density at radius 3 is 2.70 bits per heavy atom. The van der Waals surface area contributed by atoms with Crippen molar-refractivity contribution in [3.8, 4) is 0 Å². The maximum Gasteiger partial charge on any atom is 0.246 e. The smallest absolute Gasteiger partial charge is 0.246 e. The van der Waals surface area contributed by atoms with E-state index in [0.29, 0.717) is 0 Å². The number of morpholine rings is 1. The minimum Gasteiger partial charge on any atom is -0.379 e. The molecule has 0 radical (unpaired) electrons. The van der Waals surface area contributed by atoms with Gasteiger partial charge in [0, 0.05) is 26.7 Å². The summed E-state index contributed by atoms with van der Waals surface area (Å²) in [6, 6.07) is 10.0. The standard InChI is InChI=1S/C15H22N2O3/c1-19-12-15(18)16-14(13-5-3-2-4-6-13)11-17-7-9-20-10-8-17/h2-6,14H,7-12H2,1H3,(H,16,18). The Bertz CT molecular complexity index is 405. The zero-order valence-electron chi connectivity index (χ0n) is 11.9. The van der Waals surface area contributed by atoms with Crippen LogP contribution in [0.5, 0.6) is 0 Å². The minimum absolute atomic E-state index is 0.0167. The van der Waals surface area contributed by atoms with Crippen LogP contribution < -0.4 is 5.32 Å². The lowest BCUT2D eigenvalue weighted by Crippen LogP contribution is -2.43. The summed E-state index contributed by atoms with van der Waals surface area (Å²) in [5, 5.41) is 3.04. The van der Waals surface area contributed by atoms with Gasteiger partial charge in [-0.05, 0) is 5.56 Å². The molecule has 0 bridgehead atoms. The van der Waals surface area contributed by atoms with E-state index in [-0.39, 0.29) is 18.6 Å². The first kappa shape index (κ1) is 15.0. The predicted octanol–water partition coefficient (Wildman–Crippen LogP) is 0.823. The molecule has 1 aromatic rings. The first-order valence-electron chi connectivity index (χ1n) is 6.93. The molecule has 0 saturated carbocycles. The molecule has 1 atom stereocenters. The molecule has 0 spiro atoms. The second-order valence-electron chi connectivity index (χ2n) is 4.88.